The van der Waals surface area contributed by atoms with Crippen LogP contribution in [0.3, 0.4) is 0 Å². The van der Waals surface area contributed by atoms with Gasteiger partial charge in [-0.3, -0.25) is 9.59 Å². The SMILES string of the molecule is CCn1c2ccccc2c2cc(NC(=O)C[C@H](C)CC(=O)Nc3ccc(C(C)C)cc3)ccc21. The molecule has 0 saturated carbocycles. The number of fused-ring (bicyclic) bond motifs is 3. The van der Waals surface area contributed by atoms with Crippen molar-refractivity contribution in [2.75, 3.05) is 10.6 Å². The number of benzene rings is 3. The van der Waals surface area contributed by atoms with Gasteiger partial charge in [0.15, 0.2) is 0 Å². The summed E-state index contributed by atoms with van der Waals surface area (Å²) in [4.78, 5) is 25.1. The van der Waals surface area contributed by atoms with Crippen molar-refractivity contribution in [3.05, 3.63) is 72.3 Å². The Morgan fingerprint density at radius 2 is 1.35 bits per heavy atom. The summed E-state index contributed by atoms with van der Waals surface area (Å²) in [6.07, 6.45) is 0.580. The third-order valence-electron chi connectivity index (χ3n) is 6.30. The number of nitrogens with zero attached hydrogens (tertiary/aromatic N) is 1. The molecule has 2 amide bonds. The lowest BCUT2D eigenvalue weighted by Crippen LogP contribution is -2.20. The monoisotopic (exact) mass is 455 g/mol. The number of nitrogens with one attached hydrogen (secondary N) is 2. The van der Waals surface area contributed by atoms with E-state index in [1.807, 2.05) is 55.5 Å². The first kappa shape index (κ1) is 23.6. The van der Waals surface area contributed by atoms with E-state index < -0.39 is 0 Å². The Kier molecular flexibility index (Phi) is 7.01. The number of aromatic nitrogens is 1. The smallest absolute Gasteiger partial charge is 0.224 e. The summed E-state index contributed by atoms with van der Waals surface area (Å²) in [5, 5.41) is 8.26. The van der Waals surface area contributed by atoms with Crippen molar-refractivity contribution < 1.29 is 9.59 Å². The van der Waals surface area contributed by atoms with Crippen LogP contribution in [-0.2, 0) is 16.1 Å². The molecule has 0 aliphatic carbocycles. The number of para-hydroxylation sites is 1. The van der Waals surface area contributed by atoms with Crippen LogP contribution in [0.1, 0.15) is 52.0 Å². The second kappa shape index (κ2) is 10.1. The summed E-state index contributed by atoms with van der Waals surface area (Å²) in [6, 6.07) is 22.3. The van der Waals surface area contributed by atoms with Crippen molar-refractivity contribution in [2.45, 2.75) is 53.0 Å². The van der Waals surface area contributed by atoms with Crippen molar-refractivity contribution in [3.8, 4) is 0 Å². The van der Waals surface area contributed by atoms with Gasteiger partial charge in [-0.05, 0) is 60.7 Å². The highest BCUT2D eigenvalue weighted by Gasteiger charge is 2.15. The molecular formula is C29H33N3O2. The second-order valence-electron chi connectivity index (χ2n) is 9.38. The van der Waals surface area contributed by atoms with Gasteiger partial charge in [-0.1, -0.05) is 51.1 Å². The Morgan fingerprint density at radius 3 is 2.00 bits per heavy atom. The summed E-state index contributed by atoms with van der Waals surface area (Å²) < 4.78 is 2.29. The molecule has 1 atom stereocenters. The molecule has 5 nitrogen and oxygen atoms in total. The molecule has 34 heavy (non-hydrogen) atoms. The van der Waals surface area contributed by atoms with Crippen LogP contribution in [-0.4, -0.2) is 16.4 Å². The second-order valence-corrected chi connectivity index (χ2v) is 9.38. The van der Waals surface area contributed by atoms with E-state index in [2.05, 4.69) is 54.2 Å². The number of amides is 2. The molecule has 0 unspecified atom stereocenters. The summed E-state index contributed by atoms with van der Waals surface area (Å²) >= 11 is 0. The highest BCUT2D eigenvalue weighted by Crippen LogP contribution is 2.31. The molecule has 2 N–H and O–H groups in total. The lowest BCUT2D eigenvalue weighted by Gasteiger charge is -2.13. The predicted molar refractivity (Wildman–Crippen MR) is 141 cm³/mol. The first-order chi connectivity index (χ1) is 16.4. The minimum absolute atomic E-state index is 0.0688. The Labute approximate surface area is 201 Å². The van der Waals surface area contributed by atoms with E-state index in [-0.39, 0.29) is 24.2 Å². The van der Waals surface area contributed by atoms with E-state index >= 15 is 0 Å². The van der Waals surface area contributed by atoms with Crippen LogP contribution in [0.4, 0.5) is 11.4 Å². The maximum atomic E-state index is 12.7. The summed E-state index contributed by atoms with van der Waals surface area (Å²) in [7, 11) is 0. The summed E-state index contributed by atoms with van der Waals surface area (Å²) in [5.74, 6) is 0.224. The standard InChI is InChI=1S/C29H33N3O2/c1-5-32-26-9-7-6-8-24(26)25-18-23(14-15-27(25)32)31-29(34)17-20(4)16-28(33)30-22-12-10-21(11-13-22)19(2)3/h6-15,18-20H,5,16-17H2,1-4H3,(H,30,33)(H,31,34)/t20-/m1/s1. The van der Waals surface area contributed by atoms with Gasteiger partial charge in [0, 0.05) is 52.6 Å². The van der Waals surface area contributed by atoms with Crippen molar-refractivity contribution in [3.63, 3.8) is 0 Å². The van der Waals surface area contributed by atoms with Gasteiger partial charge in [-0.15, -0.1) is 0 Å². The van der Waals surface area contributed by atoms with Gasteiger partial charge in [-0.25, -0.2) is 0 Å². The number of carbonyl (C=O) groups is 2. The zero-order valence-electron chi connectivity index (χ0n) is 20.4. The largest absolute Gasteiger partial charge is 0.341 e. The maximum absolute atomic E-state index is 12.7. The Balaban J connectivity index is 1.36. The summed E-state index contributed by atoms with van der Waals surface area (Å²) in [5.41, 5.74) is 5.15. The fourth-order valence-corrected chi connectivity index (χ4v) is 4.55. The van der Waals surface area contributed by atoms with Gasteiger partial charge in [0.2, 0.25) is 11.8 Å². The number of hydrogen-bond acceptors (Lipinski definition) is 2. The highest BCUT2D eigenvalue weighted by molar-refractivity contribution is 6.09. The van der Waals surface area contributed by atoms with Crippen molar-refractivity contribution in [2.24, 2.45) is 5.92 Å². The van der Waals surface area contributed by atoms with Crippen LogP contribution in [0.2, 0.25) is 0 Å². The molecule has 5 heteroatoms. The van der Waals surface area contributed by atoms with Gasteiger partial charge < -0.3 is 15.2 Å². The minimum atomic E-state index is -0.0832. The quantitative estimate of drug-likeness (QED) is 0.302. The Bertz CT molecular complexity index is 1320. The molecule has 0 spiro atoms. The molecule has 1 aromatic heterocycles. The van der Waals surface area contributed by atoms with Gasteiger partial charge in [-0.2, -0.15) is 0 Å². The summed E-state index contributed by atoms with van der Waals surface area (Å²) in [6.45, 7) is 9.24. The van der Waals surface area contributed by atoms with E-state index in [9.17, 15) is 9.59 Å². The van der Waals surface area contributed by atoms with E-state index in [0.29, 0.717) is 12.3 Å². The van der Waals surface area contributed by atoms with E-state index in [0.717, 1.165) is 28.8 Å². The molecule has 0 fully saturated rings. The number of anilines is 2. The van der Waals surface area contributed by atoms with Gasteiger partial charge in [0.05, 0.1) is 0 Å². The Morgan fingerprint density at radius 1 is 0.765 bits per heavy atom. The van der Waals surface area contributed by atoms with Crippen LogP contribution >= 0.6 is 0 Å². The Hall–Kier alpha value is -3.60. The van der Waals surface area contributed by atoms with Crippen LogP contribution in [0.15, 0.2) is 66.7 Å². The maximum Gasteiger partial charge on any atom is 0.224 e. The van der Waals surface area contributed by atoms with Crippen LogP contribution in [0, 0.1) is 5.92 Å². The number of carbonyl (C=O) groups excluding carboxylic acids is 2. The average molecular weight is 456 g/mol. The molecule has 4 aromatic rings. The third kappa shape index (κ3) is 5.14. The molecule has 176 valence electrons. The van der Waals surface area contributed by atoms with Gasteiger partial charge in [0.1, 0.15) is 0 Å². The third-order valence-corrected chi connectivity index (χ3v) is 6.30. The van der Waals surface area contributed by atoms with Crippen molar-refractivity contribution in [1.29, 1.82) is 0 Å². The first-order valence-electron chi connectivity index (χ1n) is 12.1. The molecule has 0 aliphatic heterocycles. The minimum Gasteiger partial charge on any atom is -0.341 e. The van der Waals surface area contributed by atoms with E-state index in [1.165, 1.54) is 16.5 Å². The molecule has 0 bridgehead atoms. The fourth-order valence-electron chi connectivity index (χ4n) is 4.55. The van der Waals surface area contributed by atoms with Crippen LogP contribution in [0.25, 0.3) is 21.8 Å². The normalized spacial score (nSPS) is 12.3. The zero-order valence-corrected chi connectivity index (χ0v) is 20.4. The van der Waals surface area contributed by atoms with Gasteiger partial charge in [0.25, 0.3) is 0 Å². The molecule has 0 radical (unpaired) electrons. The van der Waals surface area contributed by atoms with Crippen molar-refractivity contribution >= 4 is 45.0 Å². The van der Waals surface area contributed by atoms with Crippen LogP contribution < -0.4 is 10.6 Å². The van der Waals surface area contributed by atoms with Crippen molar-refractivity contribution in [1.82, 2.24) is 4.57 Å². The fraction of sp³-hybridized carbons (Fsp3) is 0.310. The predicted octanol–water partition coefficient (Wildman–Crippen LogP) is 6.93. The van der Waals surface area contributed by atoms with E-state index in [1.54, 1.807) is 0 Å². The lowest BCUT2D eigenvalue weighted by atomic mass is 10.0. The van der Waals surface area contributed by atoms with E-state index in [4.69, 9.17) is 0 Å². The molecule has 4 rings (SSSR count). The molecule has 3 aromatic carbocycles. The zero-order chi connectivity index (χ0) is 24.2. The molecular weight excluding hydrogens is 422 g/mol. The number of rotatable bonds is 8. The van der Waals surface area contributed by atoms with Gasteiger partial charge >= 0.3 is 0 Å². The molecule has 1 heterocycles. The average Bonchev–Trinajstić information content (AvgIpc) is 3.12. The lowest BCUT2D eigenvalue weighted by molar-refractivity contribution is -0.118. The highest BCUT2D eigenvalue weighted by atomic mass is 16.2. The molecule has 0 aliphatic rings. The topological polar surface area (TPSA) is 63.1 Å². The van der Waals surface area contributed by atoms with Crippen LogP contribution in [0.5, 0.6) is 0 Å². The number of aryl methyl sites for hydroxylation is 1. The molecule has 0 saturated heterocycles. The number of hydrogen-bond donors (Lipinski definition) is 2. The first-order valence-corrected chi connectivity index (χ1v) is 12.1.